The van der Waals surface area contributed by atoms with E-state index in [0.29, 0.717) is 46.1 Å². The van der Waals surface area contributed by atoms with Gasteiger partial charge in [-0.25, -0.2) is 12.7 Å². The second-order valence-corrected chi connectivity index (χ2v) is 11.3. The molecule has 13 heteroatoms. The van der Waals surface area contributed by atoms with Gasteiger partial charge in [-0.15, -0.1) is 10.2 Å². The summed E-state index contributed by atoms with van der Waals surface area (Å²) in [6.07, 6.45) is 2.10. The minimum absolute atomic E-state index is 0.148. The summed E-state index contributed by atoms with van der Waals surface area (Å²) in [5.41, 5.74) is 0.650. The first-order chi connectivity index (χ1) is 14.2. The Labute approximate surface area is 187 Å². The summed E-state index contributed by atoms with van der Waals surface area (Å²) in [6, 6.07) is 6.80. The monoisotopic (exact) mass is 489 g/mol. The molecule has 0 unspecified atom stereocenters. The minimum Gasteiger partial charge on any atom is -0.325 e. The van der Waals surface area contributed by atoms with Crippen LogP contribution in [0.15, 0.2) is 28.6 Å². The zero-order valence-electron chi connectivity index (χ0n) is 16.0. The Bertz CT molecular complexity index is 1000. The first-order valence-corrected chi connectivity index (χ1v) is 13.0. The van der Waals surface area contributed by atoms with Crippen molar-refractivity contribution >= 4 is 67.4 Å². The van der Waals surface area contributed by atoms with E-state index >= 15 is 0 Å². The van der Waals surface area contributed by atoms with E-state index in [1.807, 2.05) is 0 Å². The molecule has 2 amide bonds. The molecule has 2 aromatic rings. The van der Waals surface area contributed by atoms with Crippen LogP contribution in [0.3, 0.4) is 0 Å². The van der Waals surface area contributed by atoms with Gasteiger partial charge in [-0.05, 0) is 37.1 Å². The van der Waals surface area contributed by atoms with Crippen molar-refractivity contribution in [1.82, 2.24) is 14.5 Å². The Hall–Kier alpha value is -1.73. The molecule has 1 saturated heterocycles. The third-order valence-electron chi connectivity index (χ3n) is 4.39. The standard InChI is InChI=1S/C17H20ClN5O4S3/c1-30(26,27)23-8-6-11(7-9-23)15(25)20-16-21-22-17(29-16)28-10-14(24)19-13-4-2-12(18)3-5-13/h2-5,11H,6-10H2,1H3,(H,19,24)(H,20,21,25). The Balaban J connectivity index is 1.44. The normalized spacial score (nSPS) is 15.7. The first-order valence-electron chi connectivity index (χ1n) is 8.98. The number of aromatic nitrogens is 2. The number of nitrogens with zero attached hydrogens (tertiary/aromatic N) is 3. The average molecular weight is 490 g/mol. The molecule has 0 spiro atoms. The first kappa shape index (κ1) is 22.9. The zero-order valence-corrected chi connectivity index (χ0v) is 19.2. The van der Waals surface area contributed by atoms with Gasteiger partial charge in [0.2, 0.25) is 27.0 Å². The van der Waals surface area contributed by atoms with Gasteiger partial charge in [-0.2, -0.15) is 0 Å². The van der Waals surface area contributed by atoms with E-state index in [0.717, 1.165) is 0 Å². The number of nitrogens with one attached hydrogen (secondary N) is 2. The molecule has 30 heavy (non-hydrogen) atoms. The summed E-state index contributed by atoms with van der Waals surface area (Å²) in [7, 11) is -3.23. The Morgan fingerprint density at radius 1 is 1.20 bits per heavy atom. The number of thioether (sulfide) groups is 1. The maximum Gasteiger partial charge on any atom is 0.234 e. The maximum atomic E-state index is 12.4. The highest BCUT2D eigenvalue weighted by Crippen LogP contribution is 2.27. The average Bonchev–Trinajstić information content (AvgIpc) is 3.15. The van der Waals surface area contributed by atoms with Crippen molar-refractivity contribution in [2.75, 3.05) is 35.7 Å². The van der Waals surface area contributed by atoms with Crippen LogP contribution in [0.5, 0.6) is 0 Å². The second kappa shape index (κ2) is 10.1. The van der Waals surface area contributed by atoms with Crippen molar-refractivity contribution in [2.45, 2.75) is 17.2 Å². The Morgan fingerprint density at radius 3 is 2.50 bits per heavy atom. The largest absolute Gasteiger partial charge is 0.325 e. The number of carbonyl (C=O) groups is 2. The van der Waals surface area contributed by atoms with E-state index in [1.165, 1.54) is 33.7 Å². The zero-order chi connectivity index (χ0) is 21.7. The van der Waals surface area contributed by atoms with Gasteiger partial charge in [0, 0.05) is 29.7 Å². The lowest BCUT2D eigenvalue weighted by molar-refractivity contribution is -0.121. The second-order valence-electron chi connectivity index (χ2n) is 6.64. The third kappa shape index (κ3) is 6.64. The molecule has 0 aliphatic carbocycles. The van der Waals surface area contributed by atoms with Gasteiger partial charge in [-0.1, -0.05) is 34.7 Å². The number of piperidine rings is 1. The molecule has 2 N–H and O–H groups in total. The highest BCUT2D eigenvalue weighted by molar-refractivity contribution is 8.01. The molecule has 2 heterocycles. The number of rotatable bonds is 7. The van der Waals surface area contributed by atoms with Gasteiger partial charge in [0.15, 0.2) is 4.34 Å². The number of amides is 2. The summed E-state index contributed by atoms with van der Waals surface area (Å²) in [4.78, 5) is 24.4. The number of benzene rings is 1. The lowest BCUT2D eigenvalue weighted by Gasteiger charge is -2.29. The highest BCUT2D eigenvalue weighted by atomic mass is 35.5. The van der Waals surface area contributed by atoms with Crippen molar-refractivity contribution in [1.29, 1.82) is 0 Å². The third-order valence-corrected chi connectivity index (χ3v) is 7.91. The molecule has 0 radical (unpaired) electrons. The molecule has 0 bridgehead atoms. The van der Waals surface area contributed by atoms with Crippen LogP contribution >= 0.6 is 34.7 Å². The number of halogens is 1. The molecule has 1 fully saturated rings. The number of carbonyl (C=O) groups excluding carboxylic acids is 2. The van der Waals surface area contributed by atoms with Crippen molar-refractivity contribution in [3.63, 3.8) is 0 Å². The molecular formula is C17H20ClN5O4S3. The lowest BCUT2D eigenvalue weighted by Crippen LogP contribution is -2.40. The predicted octanol–water partition coefficient (Wildman–Crippen LogP) is 2.53. The van der Waals surface area contributed by atoms with Gasteiger partial charge in [0.25, 0.3) is 0 Å². The minimum atomic E-state index is -3.23. The van der Waals surface area contributed by atoms with E-state index < -0.39 is 10.0 Å². The molecule has 0 saturated carbocycles. The quantitative estimate of drug-likeness (QED) is 0.452. The van der Waals surface area contributed by atoms with Crippen LogP contribution in [-0.4, -0.2) is 59.8 Å². The van der Waals surface area contributed by atoms with Gasteiger partial charge >= 0.3 is 0 Å². The molecule has 1 aromatic heterocycles. The van der Waals surface area contributed by atoms with E-state index in [4.69, 9.17) is 11.6 Å². The van der Waals surface area contributed by atoms with Gasteiger partial charge in [0.1, 0.15) is 0 Å². The van der Waals surface area contributed by atoms with Crippen LogP contribution in [0.2, 0.25) is 5.02 Å². The van der Waals surface area contributed by atoms with E-state index in [-0.39, 0.29) is 23.5 Å². The molecule has 1 aromatic carbocycles. The molecule has 9 nitrogen and oxygen atoms in total. The number of hydrogen-bond acceptors (Lipinski definition) is 8. The van der Waals surface area contributed by atoms with Crippen LogP contribution < -0.4 is 10.6 Å². The van der Waals surface area contributed by atoms with Gasteiger partial charge in [-0.3, -0.25) is 9.59 Å². The number of anilines is 2. The summed E-state index contributed by atoms with van der Waals surface area (Å²) >= 11 is 8.22. The molecule has 162 valence electrons. The van der Waals surface area contributed by atoms with Gasteiger partial charge in [0.05, 0.1) is 12.0 Å². The topological polar surface area (TPSA) is 121 Å². The fourth-order valence-corrected chi connectivity index (χ4v) is 5.39. The Morgan fingerprint density at radius 2 is 1.87 bits per heavy atom. The summed E-state index contributed by atoms with van der Waals surface area (Å²) in [5, 5.41) is 14.4. The predicted molar refractivity (Wildman–Crippen MR) is 118 cm³/mol. The van der Waals surface area contributed by atoms with E-state index in [1.54, 1.807) is 24.3 Å². The van der Waals surface area contributed by atoms with Crippen molar-refractivity contribution < 1.29 is 18.0 Å². The van der Waals surface area contributed by atoms with Crippen LogP contribution in [0.4, 0.5) is 10.8 Å². The molecule has 0 atom stereocenters. The van der Waals surface area contributed by atoms with Gasteiger partial charge < -0.3 is 10.6 Å². The van der Waals surface area contributed by atoms with Crippen LogP contribution in [0, 0.1) is 5.92 Å². The fraction of sp³-hybridized carbons (Fsp3) is 0.412. The van der Waals surface area contributed by atoms with Crippen LogP contribution in [0.25, 0.3) is 0 Å². The Kier molecular flexibility index (Phi) is 7.69. The van der Waals surface area contributed by atoms with Crippen molar-refractivity contribution in [2.24, 2.45) is 5.92 Å². The molecule has 1 aliphatic rings. The van der Waals surface area contributed by atoms with E-state index in [9.17, 15) is 18.0 Å². The summed E-state index contributed by atoms with van der Waals surface area (Å²) in [5.74, 6) is -0.514. The maximum absolute atomic E-state index is 12.4. The van der Waals surface area contributed by atoms with Crippen LogP contribution in [0.1, 0.15) is 12.8 Å². The number of hydrogen-bond donors (Lipinski definition) is 2. The molecule has 1 aliphatic heterocycles. The van der Waals surface area contributed by atoms with Crippen LogP contribution in [-0.2, 0) is 19.6 Å². The summed E-state index contributed by atoms with van der Waals surface area (Å²) in [6.45, 7) is 0.660. The van der Waals surface area contributed by atoms with E-state index in [2.05, 4.69) is 20.8 Å². The highest BCUT2D eigenvalue weighted by Gasteiger charge is 2.29. The smallest absolute Gasteiger partial charge is 0.234 e. The number of sulfonamides is 1. The molecular weight excluding hydrogens is 470 g/mol. The van der Waals surface area contributed by atoms with Crippen molar-refractivity contribution in [3.8, 4) is 0 Å². The fourth-order valence-electron chi connectivity index (χ4n) is 2.83. The SMILES string of the molecule is CS(=O)(=O)N1CCC(C(=O)Nc2nnc(SCC(=O)Nc3ccc(Cl)cc3)s2)CC1. The molecule has 3 rings (SSSR count). The summed E-state index contributed by atoms with van der Waals surface area (Å²) < 4.78 is 25.0. The lowest BCUT2D eigenvalue weighted by atomic mass is 9.97. The van der Waals surface area contributed by atoms with Crippen molar-refractivity contribution in [3.05, 3.63) is 29.3 Å².